The van der Waals surface area contributed by atoms with Crippen LogP contribution in [0, 0.1) is 0 Å². The molecule has 4 unspecified atom stereocenters. The Hall–Kier alpha value is 0.230. The molecular weight excluding hydrogens is 258 g/mol. The van der Waals surface area contributed by atoms with Crippen LogP contribution in [0.4, 0.5) is 0 Å². The molecule has 0 radical (unpaired) electrons. The van der Waals surface area contributed by atoms with Gasteiger partial charge in [0.05, 0.1) is 12.2 Å². The molecule has 2 saturated heterocycles. The Labute approximate surface area is 121 Å². The molecule has 1 spiro atoms. The van der Waals surface area contributed by atoms with E-state index in [9.17, 15) is 0 Å². The molecule has 2 aliphatic heterocycles. The van der Waals surface area contributed by atoms with E-state index in [1.54, 1.807) is 0 Å². The van der Waals surface area contributed by atoms with Crippen molar-refractivity contribution in [3.63, 3.8) is 0 Å². The van der Waals surface area contributed by atoms with E-state index in [-0.39, 0.29) is 5.60 Å². The number of ether oxygens (including phenoxy) is 2. The smallest absolute Gasteiger partial charge is 0.0951 e. The van der Waals surface area contributed by atoms with Gasteiger partial charge in [-0.1, -0.05) is 6.92 Å². The van der Waals surface area contributed by atoms with Crippen LogP contribution in [0.3, 0.4) is 0 Å². The Bertz CT molecular complexity index is 294. The first-order valence-electron chi connectivity index (χ1n) is 7.89. The van der Waals surface area contributed by atoms with Gasteiger partial charge in [-0.25, -0.2) is 0 Å². The van der Waals surface area contributed by atoms with E-state index in [2.05, 4.69) is 24.0 Å². The van der Waals surface area contributed by atoms with Crippen molar-refractivity contribution < 1.29 is 9.47 Å². The van der Waals surface area contributed by atoms with Gasteiger partial charge in [-0.05, 0) is 37.9 Å². The van der Waals surface area contributed by atoms with Gasteiger partial charge < -0.3 is 14.8 Å². The lowest BCUT2D eigenvalue weighted by Crippen LogP contribution is -2.49. The largest absolute Gasteiger partial charge is 0.378 e. The number of hydrogen-bond acceptors (Lipinski definition) is 4. The summed E-state index contributed by atoms with van der Waals surface area (Å²) in [6.45, 7) is 4.87. The highest BCUT2D eigenvalue weighted by Crippen LogP contribution is 2.35. The summed E-state index contributed by atoms with van der Waals surface area (Å²) >= 11 is 2.14. The van der Waals surface area contributed by atoms with Crippen LogP contribution < -0.4 is 5.32 Å². The molecule has 3 fully saturated rings. The van der Waals surface area contributed by atoms with E-state index >= 15 is 0 Å². The van der Waals surface area contributed by atoms with Crippen molar-refractivity contribution >= 4 is 11.8 Å². The lowest BCUT2D eigenvalue weighted by Gasteiger charge is -2.38. The molecule has 1 N–H and O–H groups in total. The minimum atomic E-state index is 0.0477. The van der Waals surface area contributed by atoms with Crippen molar-refractivity contribution in [3.8, 4) is 0 Å². The summed E-state index contributed by atoms with van der Waals surface area (Å²) in [4.78, 5) is 0. The Morgan fingerprint density at radius 3 is 2.95 bits per heavy atom. The highest BCUT2D eigenvalue weighted by atomic mass is 32.2. The molecule has 0 amide bonds. The average Bonchev–Trinajstić information content (AvgIpc) is 3.01. The molecule has 4 atom stereocenters. The normalized spacial score (nSPS) is 43.1. The molecule has 1 aliphatic carbocycles. The molecule has 4 heteroatoms. The van der Waals surface area contributed by atoms with E-state index < -0.39 is 0 Å². The van der Waals surface area contributed by atoms with Gasteiger partial charge in [-0.15, -0.1) is 0 Å². The predicted octanol–water partition coefficient (Wildman–Crippen LogP) is 2.59. The number of rotatable bonds is 4. The van der Waals surface area contributed by atoms with Crippen LogP contribution >= 0.6 is 11.8 Å². The zero-order valence-electron chi connectivity index (χ0n) is 12.0. The third kappa shape index (κ3) is 3.46. The fraction of sp³-hybridized carbons (Fsp3) is 1.00. The first-order chi connectivity index (χ1) is 9.30. The summed E-state index contributed by atoms with van der Waals surface area (Å²) in [6, 6.07) is 1.39. The second-order valence-corrected chi connectivity index (χ2v) is 7.86. The predicted molar refractivity (Wildman–Crippen MR) is 79.8 cm³/mol. The lowest BCUT2D eigenvalue weighted by atomic mass is 9.89. The molecule has 3 nitrogen and oxygen atoms in total. The van der Waals surface area contributed by atoms with Crippen molar-refractivity contribution in [2.75, 3.05) is 25.6 Å². The molecule has 0 aromatic rings. The zero-order chi connectivity index (χ0) is 13.1. The zero-order valence-corrected chi connectivity index (χ0v) is 12.8. The van der Waals surface area contributed by atoms with Gasteiger partial charge in [0.15, 0.2) is 0 Å². The van der Waals surface area contributed by atoms with Gasteiger partial charge in [0.25, 0.3) is 0 Å². The maximum absolute atomic E-state index is 6.01. The van der Waals surface area contributed by atoms with E-state index in [0.717, 1.165) is 44.0 Å². The Kier molecular flexibility index (Phi) is 4.73. The van der Waals surface area contributed by atoms with E-state index in [0.29, 0.717) is 6.04 Å². The SMILES string of the molecule is CCSC1CCC(NC2CCOC3(CCOC3)C2)C1. The topological polar surface area (TPSA) is 30.5 Å². The van der Waals surface area contributed by atoms with Crippen LogP contribution in [0.25, 0.3) is 0 Å². The molecule has 3 rings (SSSR count). The molecule has 0 bridgehead atoms. The van der Waals surface area contributed by atoms with Crippen LogP contribution in [0.2, 0.25) is 0 Å². The minimum Gasteiger partial charge on any atom is -0.378 e. The lowest BCUT2D eigenvalue weighted by molar-refractivity contribution is -0.0902. The quantitative estimate of drug-likeness (QED) is 0.860. The van der Waals surface area contributed by atoms with E-state index in [1.807, 2.05) is 0 Å². The highest BCUT2D eigenvalue weighted by molar-refractivity contribution is 7.99. The number of hydrogen-bond donors (Lipinski definition) is 1. The van der Waals surface area contributed by atoms with Gasteiger partial charge in [0, 0.05) is 37.0 Å². The van der Waals surface area contributed by atoms with Crippen LogP contribution in [-0.2, 0) is 9.47 Å². The van der Waals surface area contributed by atoms with E-state index in [4.69, 9.17) is 9.47 Å². The molecule has 0 aromatic heterocycles. The first-order valence-corrected chi connectivity index (χ1v) is 8.94. The summed E-state index contributed by atoms with van der Waals surface area (Å²) in [6.07, 6.45) is 7.52. The molecule has 1 saturated carbocycles. The Balaban J connectivity index is 1.47. The molecular formula is C15H27NO2S. The van der Waals surface area contributed by atoms with Gasteiger partial charge >= 0.3 is 0 Å². The fourth-order valence-corrected chi connectivity index (χ4v) is 4.99. The van der Waals surface area contributed by atoms with Gasteiger partial charge in [-0.2, -0.15) is 11.8 Å². The van der Waals surface area contributed by atoms with Gasteiger partial charge in [-0.3, -0.25) is 0 Å². The van der Waals surface area contributed by atoms with Crippen LogP contribution in [0.1, 0.15) is 45.4 Å². The monoisotopic (exact) mass is 285 g/mol. The fourth-order valence-electron chi connectivity index (χ4n) is 3.85. The first kappa shape index (κ1) is 14.2. The van der Waals surface area contributed by atoms with Crippen molar-refractivity contribution in [1.29, 1.82) is 0 Å². The second-order valence-electron chi connectivity index (χ2n) is 6.28. The molecule has 19 heavy (non-hydrogen) atoms. The minimum absolute atomic E-state index is 0.0477. The van der Waals surface area contributed by atoms with Gasteiger partial charge in [0.2, 0.25) is 0 Å². The van der Waals surface area contributed by atoms with E-state index in [1.165, 1.54) is 31.4 Å². The third-order valence-electron chi connectivity index (χ3n) is 4.82. The molecule has 0 aromatic carbocycles. The van der Waals surface area contributed by atoms with Crippen molar-refractivity contribution in [3.05, 3.63) is 0 Å². The van der Waals surface area contributed by atoms with Crippen molar-refractivity contribution in [2.45, 2.75) is 68.4 Å². The average molecular weight is 285 g/mol. The van der Waals surface area contributed by atoms with Crippen molar-refractivity contribution in [1.82, 2.24) is 5.32 Å². The summed E-state index contributed by atoms with van der Waals surface area (Å²) in [5, 5.41) is 4.80. The maximum Gasteiger partial charge on any atom is 0.0951 e. The maximum atomic E-state index is 6.01. The Morgan fingerprint density at radius 2 is 2.16 bits per heavy atom. The number of thioether (sulfide) groups is 1. The Morgan fingerprint density at radius 1 is 1.21 bits per heavy atom. The second kappa shape index (κ2) is 6.33. The highest BCUT2D eigenvalue weighted by Gasteiger charge is 2.41. The summed E-state index contributed by atoms with van der Waals surface area (Å²) < 4.78 is 11.6. The van der Waals surface area contributed by atoms with Crippen molar-refractivity contribution in [2.24, 2.45) is 0 Å². The summed E-state index contributed by atoms with van der Waals surface area (Å²) in [5.74, 6) is 1.26. The standard InChI is InChI=1S/C15H27NO2S/c1-2-19-14-4-3-12(9-14)16-13-5-7-18-15(10-13)6-8-17-11-15/h12-14,16H,2-11H2,1H3. The van der Waals surface area contributed by atoms with Crippen LogP contribution in [0.15, 0.2) is 0 Å². The van der Waals surface area contributed by atoms with Crippen LogP contribution in [-0.4, -0.2) is 48.5 Å². The molecule has 2 heterocycles. The third-order valence-corrected chi connectivity index (χ3v) is 6.05. The van der Waals surface area contributed by atoms with Crippen LogP contribution in [0.5, 0.6) is 0 Å². The molecule has 3 aliphatic rings. The summed E-state index contributed by atoms with van der Waals surface area (Å²) in [5.41, 5.74) is 0.0477. The summed E-state index contributed by atoms with van der Waals surface area (Å²) in [7, 11) is 0. The van der Waals surface area contributed by atoms with Gasteiger partial charge in [0.1, 0.15) is 0 Å². The molecule has 110 valence electrons. The number of nitrogens with one attached hydrogen (secondary N) is 1.